The van der Waals surface area contributed by atoms with E-state index in [1.165, 1.54) is 30.1 Å². The van der Waals surface area contributed by atoms with Crippen LogP contribution in [-0.4, -0.2) is 36.1 Å². The molecule has 1 aromatic rings. The first-order valence-corrected chi connectivity index (χ1v) is 4.20. The van der Waals surface area contributed by atoms with Crippen molar-refractivity contribution in [1.29, 1.82) is 0 Å². The van der Waals surface area contributed by atoms with Gasteiger partial charge in [-0.2, -0.15) is 0 Å². The molecule has 1 N–H and O–H groups in total. The van der Waals surface area contributed by atoms with Crippen LogP contribution in [0.3, 0.4) is 0 Å². The van der Waals surface area contributed by atoms with Crippen LogP contribution >= 0.6 is 0 Å². The van der Waals surface area contributed by atoms with Crippen molar-refractivity contribution in [3.8, 4) is 0 Å². The van der Waals surface area contributed by atoms with Gasteiger partial charge in [-0.05, 0) is 12.1 Å². The predicted molar refractivity (Wildman–Crippen MR) is 50.5 cm³/mol. The molecule has 0 bridgehead atoms. The summed E-state index contributed by atoms with van der Waals surface area (Å²) in [6.07, 6.45) is -2.48. The Kier molecular flexibility index (Phi) is 3.54. The Bertz CT molecular complexity index is 358. The van der Waals surface area contributed by atoms with Gasteiger partial charge in [0.1, 0.15) is 5.82 Å². The van der Waals surface area contributed by atoms with E-state index in [0.29, 0.717) is 0 Å². The minimum absolute atomic E-state index is 0.159. The van der Waals surface area contributed by atoms with Crippen molar-refractivity contribution in [1.82, 2.24) is 4.98 Å². The molecular weight excluding hydrogens is 206 g/mol. The number of anilines is 1. The van der Waals surface area contributed by atoms with E-state index >= 15 is 0 Å². The van der Waals surface area contributed by atoms with Gasteiger partial charge < -0.3 is 10.0 Å². The molecule has 6 heteroatoms. The number of pyridine rings is 1. The van der Waals surface area contributed by atoms with Gasteiger partial charge in [0.15, 0.2) is 5.69 Å². The van der Waals surface area contributed by atoms with Gasteiger partial charge in [-0.1, -0.05) is 6.07 Å². The van der Waals surface area contributed by atoms with Gasteiger partial charge in [0, 0.05) is 7.05 Å². The van der Waals surface area contributed by atoms with E-state index in [1.807, 2.05) is 0 Å². The molecule has 15 heavy (non-hydrogen) atoms. The van der Waals surface area contributed by atoms with E-state index in [0.717, 1.165) is 0 Å². The van der Waals surface area contributed by atoms with E-state index < -0.39 is 18.9 Å². The quantitative estimate of drug-likeness (QED) is 0.828. The maximum absolute atomic E-state index is 12.0. The van der Waals surface area contributed by atoms with Gasteiger partial charge in [-0.25, -0.2) is 18.6 Å². The van der Waals surface area contributed by atoms with Crippen LogP contribution in [0, 0.1) is 0 Å². The highest BCUT2D eigenvalue weighted by molar-refractivity contribution is 5.85. The third-order valence-corrected chi connectivity index (χ3v) is 1.76. The van der Waals surface area contributed by atoms with Crippen molar-refractivity contribution >= 4 is 11.8 Å². The highest BCUT2D eigenvalue weighted by Gasteiger charge is 2.11. The van der Waals surface area contributed by atoms with Crippen molar-refractivity contribution in [2.24, 2.45) is 0 Å². The molecule has 1 heterocycles. The summed E-state index contributed by atoms with van der Waals surface area (Å²) in [5.74, 6) is -0.961. The molecule has 0 amide bonds. The molecule has 0 aliphatic heterocycles. The lowest BCUT2D eigenvalue weighted by Gasteiger charge is -2.17. The first kappa shape index (κ1) is 11.4. The number of halogens is 2. The molecule has 1 rings (SSSR count). The van der Waals surface area contributed by atoms with Crippen LogP contribution in [0.5, 0.6) is 0 Å². The molecular formula is C9H10F2N2O2. The number of aromatic nitrogens is 1. The SMILES string of the molecule is CN(CC(F)F)c1cccc(C(=O)O)n1. The maximum atomic E-state index is 12.0. The molecule has 0 unspecified atom stereocenters. The molecule has 82 valence electrons. The Balaban J connectivity index is 2.85. The normalized spacial score (nSPS) is 10.4. The van der Waals surface area contributed by atoms with E-state index in [4.69, 9.17) is 5.11 Å². The number of nitrogens with zero attached hydrogens (tertiary/aromatic N) is 2. The summed E-state index contributed by atoms with van der Waals surface area (Å²) in [6, 6.07) is 4.25. The molecule has 0 fully saturated rings. The van der Waals surface area contributed by atoms with Crippen LogP contribution in [-0.2, 0) is 0 Å². The van der Waals surface area contributed by atoms with Gasteiger partial charge in [0.2, 0.25) is 0 Å². The minimum atomic E-state index is -2.48. The summed E-state index contributed by atoms with van der Waals surface area (Å²) in [6.45, 7) is -0.476. The van der Waals surface area contributed by atoms with Crippen LogP contribution in [0.15, 0.2) is 18.2 Å². The van der Waals surface area contributed by atoms with Crippen LogP contribution < -0.4 is 4.90 Å². The fourth-order valence-electron chi connectivity index (χ4n) is 1.06. The lowest BCUT2D eigenvalue weighted by molar-refractivity contribution is 0.0690. The molecule has 0 saturated carbocycles. The summed E-state index contributed by atoms with van der Waals surface area (Å²) < 4.78 is 24.1. The summed E-state index contributed by atoms with van der Waals surface area (Å²) in [7, 11) is 1.43. The number of carbonyl (C=O) groups is 1. The summed E-state index contributed by atoms with van der Waals surface area (Å²) in [5.41, 5.74) is -0.159. The number of rotatable bonds is 4. The van der Waals surface area contributed by atoms with Crippen molar-refractivity contribution in [3.05, 3.63) is 23.9 Å². The van der Waals surface area contributed by atoms with Crippen molar-refractivity contribution in [2.45, 2.75) is 6.43 Å². The average Bonchev–Trinajstić information content (AvgIpc) is 2.17. The highest BCUT2D eigenvalue weighted by Crippen LogP contribution is 2.11. The van der Waals surface area contributed by atoms with Gasteiger partial charge in [-0.3, -0.25) is 0 Å². The second-order valence-corrected chi connectivity index (χ2v) is 2.96. The van der Waals surface area contributed by atoms with Crippen LogP contribution in [0.4, 0.5) is 14.6 Å². The first-order chi connectivity index (χ1) is 7.00. The number of alkyl halides is 2. The number of carboxylic acid groups (broad SMARTS) is 1. The zero-order valence-corrected chi connectivity index (χ0v) is 8.02. The third-order valence-electron chi connectivity index (χ3n) is 1.76. The molecule has 1 aromatic heterocycles. The smallest absolute Gasteiger partial charge is 0.354 e. The summed E-state index contributed by atoms with van der Waals surface area (Å²) >= 11 is 0. The van der Waals surface area contributed by atoms with Crippen LogP contribution in [0.2, 0.25) is 0 Å². The predicted octanol–water partition coefficient (Wildman–Crippen LogP) is 1.48. The molecule has 0 radical (unpaired) electrons. The van der Waals surface area contributed by atoms with Gasteiger partial charge in [-0.15, -0.1) is 0 Å². The maximum Gasteiger partial charge on any atom is 0.354 e. The van der Waals surface area contributed by atoms with E-state index in [1.54, 1.807) is 0 Å². The second-order valence-electron chi connectivity index (χ2n) is 2.96. The molecule has 0 aliphatic rings. The highest BCUT2D eigenvalue weighted by atomic mass is 19.3. The zero-order chi connectivity index (χ0) is 11.4. The Morgan fingerprint density at radius 2 is 2.27 bits per heavy atom. The molecule has 0 spiro atoms. The zero-order valence-electron chi connectivity index (χ0n) is 8.02. The average molecular weight is 216 g/mol. The van der Waals surface area contributed by atoms with Gasteiger partial charge in [0.05, 0.1) is 6.54 Å². The second kappa shape index (κ2) is 4.68. The summed E-state index contributed by atoms with van der Waals surface area (Å²) in [4.78, 5) is 15.5. The van der Waals surface area contributed by atoms with E-state index in [2.05, 4.69) is 4.98 Å². The molecule has 0 atom stereocenters. The molecule has 0 aromatic carbocycles. The largest absolute Gasteiger partial charge is 0.477 e. The minimum Gasteiger partial charge on any atom is -0.477 e. The van der Waals surface area contributed by atoms with Gasteiger partial charge in [0.25, 0.3) is 6.43 Å². The summed E-state index contributed by atoms with van der Waals surface area (Å²) in [5, 5.41) is 8.64. The lowest BCUT2D eigenvalue weighted by atomic mass is 10.3. The monoisotopic (exact) mass is 216 g/mol. The first-order valence-electron chi connectivity index (χ1n) is 4.20. The topological polar surface area (TPSA) is 53.4 Å². The number of hydrogen-bond acceptors (Lipinski definition) is 3. The van der Waals surface area contributed by atoms with Crippen LogP contribution in [0.25, 0.3) is 0 Å². The fourth-order valence-corrected chi connectivity index (χ4v) is 1.06. The number of carboxylic acids is 1. The van der Waals surface area contributed by atoms with Crippen molar-refractivity contribution in [2.75, 3.05) is 18.5 Å². The van der Waals surface area contributed by atoms with Crippen LogP contribution in [0.1, 0.15) is 10.5 Å². The van der Waals surface area contributed by atoms with Crippen molar-refractivity contribution in [3.63, 3.8) is 0 Å². The van der Waals surface area contributed by atoms with Crippen molar-refractivity contribution < 1.29 is 18.7 Å². The standard InChI is InChI=1S/C9H10F2N2O2/c1-13(5-7(10)11)8-4-2-3-6(12-8)9(14)15/h2-4,7H,5H2,1H3,(H,14,15). The molecule has 4 nitrogen and oxygen atoms in total. The Morgan fingerprint density at radius 3 is 2.80 bits per heavy atom. The Hall–Kier alpha value is -1.72. The van der Waals surface area contributed by atoms with E-state index in [-0.39, 0.29) is 11.5 Å². The Labute approximate surface area is 85.2 Å². The number of hydrogen-bond donors (Lipinski definition) is 1. The fraction of sp³-hybridized carbons (Fsp3) is 0.333. The van der Waals surface area contributed by atoms with E-state index in [9.17, 15) is 13.6 Å². The Morgan fingerprint density at radius 1 is 1.60 bits per heavy atom. The number of aromatic carboxylic acids is 1. The molecule has 0 aliphatic carbocycles. The lowest BCUT2D eigenvalue weighted by Crippen LogP contribution is -2.25. The molecule has 0 saturated heterocycles. The third kappa shape index (κ3) is 3.16. The van der Waals surface area contributed by atoms with Gasteiger partial charge >= 0.3 is 5.97 Å².